The van der Waals surface area contributed by atoms with Gasteiger partial charge in [0.05, 0.1) is 5.69 Å². The minimum Gasteiger partial charge on any atom is -0.384 e. The number of para-hydroxylation sites is 1. The Kier molecular flexibility index (Phi) is 6.06. The number of benzene rings is 1. The molecule has 0 unspecified atom stereocenters. The van der Waals surface area contributed by atoms with Gasteiger partial charge in [-0.3, -0.25) is 0 Å². The van der Waals surface area contributed by atoms with Crippen molar-refractivity contribution in [2.45, 2.75) is 50.3 Å². The van der Waals surface area contributed by atoms with Crippen LogP contribution in [0.2, 0.25) is 0 Å². The molecule has 0 radical (unpaired) electrons. The largest absolute Gasteiger partial charge is 0.384 e. The van der Waals surface area contributed by atoms with Gasteiger partial charge in [0.15, 0.2) is 0 Å². The smallest absolute Gasteiger partial charge is 0.242 e. The van der Waals surface area contributed by atoms with Crippen molar-refractivity contribution >= 4 is 15.7 Å². The maximum Gasteiger partial charge on any atom is 0.242 e. The van der Waals surface area contributed by atoms with Crippen molar-refractivity contribution < 1.29 is 8.42 Å². The van der Waals surface area contributed by atoms with Crippen LogP contribution in [-0.4, -0.2) is 21.5 Å². The van der Waals surface area contributed by atoms with Crippen LogP contribution in [0.15, 0.2) is 29.2 Å². The van der Waals surface area contributed by atoms with Crippen LogP contribution in [0.1, 0.15) is 45.4 Å². The average molecular weight is 310 g/mol. The molecule has 1 aromatic carbocycles. The predicted octanol–water partition coefficient (Wildman–Crippen LogP) is 3.37. The molecule has 0 atom stereocenters. The van der Waals surface area contributed by atoms with E-state index in [4.69, 9.17) is 0 Å². The summed E-state index contributed by atoms with van der Waals surface area (Å²) in [7, 11) is -3.41. The third-order valence-electron chi connectivity index (χ3n) is 4.07. The topological polar surface area (TPSA) is 58.2 Å². The summed E-state index contributed by atoms with van der Waals surface area (Å²) in [5, 5.41) is 3.36. The van der Waals surface area contributed by atoms with Crippen LogP contribution >= 0.6 is 0 Å². The lowest BCUT2D eigenvalue weighted by Crippen LogP contribution is -2.25. The quantitative estimate of drug-likeness (QED) is 0.792. The number of anilines is 1. The molecule has 2 rings (SSSR count). The lowest BCUT2D eigenvalue weighted by atomic mass is 10.0. The van der Waals surface area contributed by atoms with E-state index in [9.17, 15) is 8.42 Å². The Labute approximate surface area is 128 Å². The molecule has 1 saturated carbocycles. The maximum absolute atomic E-state index is 12.2. The van der Waals surface area contributed by atoms with Gasteiger partial charge in [0.2, 0.25) is 10.0 Å². The lowest BCUT2D eigenvalue weighted by molar-refractivity contribution is 0.483. The molecule has 118 valence electrons. The first-order valence-electron chi connectivity index (χ1n) is 7.96. The first kappa shape index (κ1) is 16.3. The van der Waals surface area contributed by atoms with Gasteiger partial charge in [-0.1, -0.05) is 44.7 Å². The van der Waals surface area contributed by atoms with Crippen LogP contribution in [0.4, 0.5) is 5.69 Å². The zero-order valence-electron chi connectivity index (χ0n) is 12.8. The Hall–Kier alpha value is -1.07. The number of hydrogen-bond acceptors (Lipinski definition) is 3. The van der Waals surface area contributed by atoms with E-state index in [0.29, 0.717) is 23.0 Å². The van der Waals surface area contributed by atoms with E-state index < -0.39 is 10.0 Å². The first-order valence-corrected chi connectivity index (χ1v) is 9.44. The molecular weight excluding hydrogens is 284 g/mol. The molecule has 0 heterocycles. The van der Waals surface area contributed by atoms with Gasteiger partial charge in [-0.05, 0) is 30.9 Å². The fraction of sp³-hybridized carbons (Fsp3) is 0.625. The van der Waals surface area contributed by atoms with Crippen molar-refractivity contribution in [3.8, 4) is 0 Å². The second-order valence-electron chi connectivity index (χ2n) is 5.74. The highest BCUT2D eigenvalue weighted by Crippen LogP contribution is 2.25. The molecule has 5 heteroatoms. The van der Waals surface area contributed by atoms with Crippen LogP contribution < -0.4 is 10.0 Å². The molecule has 1 fully saturated rings. The van der Waals surface area contributed by atoms with Gasteiger partial charge in [-0.25, -0.2) is 13.1 Å². The molecule has 0 saturated heterocycles. The van der Waals surface area contributed by atoms with Gasteiger partial charge >= 0.3 is 0 Å². The molecule has 0 aliphatic heterocycles. The van der Waals surface area contributed by atoms with E-state index in [-0.39, 0.29) is 0 Å². The number of nitrogens with one attached hydrogen (secondary N) is 2. The molecule has 1 aliphatic carbocycles. The molecule has 1 aromatic rings. The molecular formula is C16H26N2O2S. The summed E-state index contributed by atoms with van der Waals surface area (Å²) in [5.74, 6) is 0.655. The van der Waals surface area contributed by atoms with Crippen molar-refractivity contribution in [1.29, 1.82) is 0 Å². The SMILES string of the molecule is CCNS(=O)(=O)c1ccccc1NCC1CCCCCC1. The van der Waals surface area contributed by atoms with Crippen LogP contribution in [0.5, 0.6) is 0 Å². The van der Waals surface area contributed by atoms with Gasteiger partial charge in [0, 0.05) is 13.1 Å². The Balaban J connectivity index is 2.06. The number of rotatable bonds is 6. The van der Waals surface area contributed by atoms with E-state index in [1.807, 2.05) is 12.1 Å². The summed E-state index contributed by atoms with van der Waals surface area (Å²) < 4.78 is 27.0. The molecule has 4 nitrogen and oxygen atoms in total. The highest BCUT2D eigenvalue weighted by atomic mass is 32.2. The Morgan fingerprint density at radius 2 is 1.76 bits per heavy atom. The zero-order chi connectivity index (χ0) is 15.1. The average Bonchev–Trinajstić information content (AvgIpc) is 2.74. The van der Waals surface area contributed by atoms with Crippen LogP contribution in [0.25, 0.3) is 0 Å². The van der Waals surface area contributed by atoms with Gasteiger partial charge in [-0.15, -0.1) is 0 Å². The lowest BCUT2D eigenvalue weighted by Gasteiger charge is -2.18. The van der Waals surface area contributed by atoms with Gasteiger partial charge < -0.3 is 5.32 Å². The molecule has 21 heavy (non-hydrogen) atoms. The van der Waals surface area contributed by atoms with E-state index in [1.165, 1.54) is 38.5 Å². The molecule has 0 bridgehead atoms. The fourth-order valence-electron chi connectivity index (χ4n) is 2.94. The Bertz CT molecular complexity index is 535. The fourth-order valence-corrected chi connectivity index (χ4v) is 4.16. The summed E-state index contributed by atoms with van der Waals surface area (Å²) in [6.45, 7) is 3.05. The van der Waals surface area contributed by atoms with Crippen molar-refractivity contribution in [1.82, 2.24) is 4.72 Å². The molecule has 2 N–H and O–H groups in total. The normalized spacial score (nSPS) is 17.4. The predicted molar refractivity (Wildman–Crippen MR) is 87.0 cm³/mol. The highest BCUT2D eigenvalue weighted by Gasteiger charge is 2.18. The van der Waals surface area contributed by atoms with Crippen molar-refractivity contribution in [3.63, 3.8) is 0 Å². The van der Waals surface area contributed by atoms with Crippen LogP contribution in [0.3, 0.4) is 0 Å². The second kappa shape index (κ2) is 7.80. The van der Waals surface area contributed by atoms with Crippen molar-refractivity contribution in [2.75, 3.05) is 18.4 Å². The standard InChI is InChI=1S/C16H26N2O2S/c1-2-18-21(19,20)16-12-8-7-11-15(16)17-13-14-9-5-3-4-6-10-14/h7-8,11-12,14,17-18H,2-6,9-10,13H2,1H3. The van der Waals surface area contributed by atoms with Gasteiger partial charge in [-0.2, -0.15) is 0 Å². The van der Waals surface area contributed by atoms with E-state index in [2.05, 4.69) is 10.0 Å². The van der Waals surface area contributed by atoms with Crippen molar-refractivity contribution in [3.05, 3.63) is 24.3 Å². The second-order valence-corrected chi connectivity index (χ2v) is 7.47. The zero-order valence-corrected chi connectivity index (χ0v) is 13.6. The third-order valence-corrected chi connectivity index (χ3v) is 5.67. The van der Waals surface area contributed by atoms with Gasteiger partial charge in [0.1, 0.15) is 4.90 Å². The van der Waals surface area contributed by atoms with Crippen LogP contribution in [-0.2, 0) is 10.0 Å². The minimum atomic E-state index is -3.41. The summed E-state index contributed by atoms with van der Waals surface area (Å²) in [6, 6.07) is 7.15. The molecule has 1 aliphatic rings. The van der Waals surface area contributed by atoms with Gasteiger partial charge in [0.25, 0.3) is 0 Å². The summed E-state index contributed by atoms with van der Waals surface area (Å²) in [4.78, 5) is 0.348. The molecule has 0 aromatic heterocycles. The summed E-state index contributed by atoms with van der Waals surface area (Å²) in [6.07, 6.45) is 7.75. The van der Waals surface area contributed by atoms with Crippen LogP contribution in [0, 0.1) is 5.92 Å². The highest BCUT2D eigenvalue weighted by molar-refractivity contribution is 7.89. The number of hydrogen-bond donors (Lipinski definition) is 2. The third kappa shape index (κ3) is 4.71. The van der Waals surface area contributed by atoms with E-state index in [1.54, 1.807) is 19.1 Å². The summed E-state index contributed by atoms with van der Waals surface area (Å²) in [5.41, 5.74) is 0.711. The van der Waals surface area contributed by atoms with E-state index in [0.717, 1.165) is 6.54 Å². The monoisotopic (exact) mass is 310 g/mol. The minimum absolute atomic E-state index is 0.348. The first-order chi connectivity index (χ1) is 10.1. The van der Waals surface area contributed by atoms with E-state index >= 15 is 0 Å². The maximum atomic E-state index is 12.2. The number of sulfonamides is 1. The Morgan fingerprint density at radius 3 is 2.43 bits per heavy atom. The van der Waals surface area contributed by atoms with Crippen molar-refractivity contribution in [2.24, 2.45) is 5.92 Å². The summed E-state index contributed by atoms with van der Waals surface area (Å²) >= 11 is 0. The Morgan fingerprint density at radius 1 is 1.10 bits per heavy atom. The molecule has 0 spiro atoms. The molecule has 0 amide bonds.